The molecular weight excluding hydrogens is 369 g/mol. The fraction of sp³-hybridized carbons (Fsp3) is 0.105. The average Bonchev–Trinajstić information content (AvgIpc) is 2.65. The molecule has 0 aliphatic heterocycles. The van der Waals surface area contributed by atoms with Gasteiger partial charge in [0.15, 0.2) is 0 Å². The number of nitrogens with zero attached hydrogens (tertiary/aromatic N) is 3. The zero-order valence-corrected chi connectivity index (χ0v) is 15.3. The Hall–Kier alpha value is -3.37. The number of nitriles is 1. The smallest absolute Gasteiger partial charge is 0.257 e. The van der Waals surface area contributed by atoms with Crippen LogP contribution in [0.2, 0.25) is 5.02 Å². The van der Waals surface area contributed by atoms with Crippen LogP contribution >= 0.6 is 11.6 Å². The Labute approximate surface area is 159 Å². The molecule has 0 unspecified atom stereocenters. The van der Waals surface area contributed by atoms with Crippen LogP contribution in [0.1, 0.15) is 5.56 Å². The van der Waals surface area contributed by atoms with E-state index in [-0.39, 0.29) is 11.1 Å². The van der Waals surface area contributed by atoms with E-state index >= 15 is 0 Å². The predicted octanol–water partition coefficient (Wildman–Crippen LogP) is 3.91. The molecule has 2 aromatic heterocycles. The SMILES string of the molecule is CN(C)c1[nH]c(=O)c(-c2cc(Cl)ccc2F)cc1Nc1ccncc1C#N. The van der Waals surface area contributed by atoms with Gasteiger partial charge in [0.05, 0.1) is 22.5 Å². The Balaban J connectivity index is 2.19. The highest BCUT2D eigenvalue weighted by atomic mass is 35.5. The van der Waals surface area contributed by atoms with Crippen LogP contribution in [-0.4, -0.2) is 24.1 Å². The number of H-pyrrole nitrogens is 1. The fourth-order valence-electron chi connectivity index (χ4n) is 2.61. The molecular formula is C19H15ClFN5O. The first kappa shape index (κ1) is 18.4. The van der Waals surface area contributed by atoms with E-state index in [0.717, 1.165) is 0 Å². The molecule has 2 N–H and O–H groups in total. The van der Waals surface area contributed by atoms with E-state index in [4.69, 9.17) is 11.6 Å². The molecule has 1 aromatic carbocycles. The van der Waals surface area contributed by atoms with Crippen molar-refractivity contribution in [1.82, 2.24) is 9.97 Å². The van der Waals surface area contributed by atoms with Gasteiger partial charge in [-0.3, -0.25) is 9.78 Å². The number of hydrogen-bond acceptors (Lipinski definition) is 5. The molecule has 0 radical (unpaired) electrons. The Bertz CT molecular complexity index is 1100. The molecule has 8 heteroatoms. The first-order valence-electron chi connectivity index (χ1n) is 7.92. The lowest BCUT2D eigenvalue weighted by atomic mass is 10.1. The van der Waals surface area contributed by atoms with Gasteiger partial charge in [-0.1, -0.05) is 11.6 Å². The third kappa shape index (κ3) is 3.76. The molecule has 0 saturated carbocycles. The van der Waals surface area contributed by atoms with Crippen LogP contribution in [-0.2, 0) is 0 Å². The highest BCUT2D eigenvalue weighted by Crippen LogP contribution is 2.31. The minimum Gasteiger partial charge on any atom is -0.362 e. The molecule has 0 aliphatic rings. The van der Waals surface area contributed by atoms with E-state index in [9.17, 15) is 14.4 Å². The van der Waals surface area contributed by atoms with Crippen LogP contribution in [0.3, 0.4) is 0 Å². The van der Waals surface area contributed by atoms with Crippen LogP contribution < -0.4 is 15.8 Å². The maximum Gasteiger partial charge on any atom is 0.257 e. The van der Waals surface area contributed by atoms with Crippen molar-refractivity contribution in [2.24, 2.45) is 0 Å². The lowest BCUT2D eigenvalue weighted by Gasteiger charge is -2.19. The average molecular weight is 384 g/mol. The van der Waals surface area contributed by atoms with E-state index in [1.807, 2.05) is 0 Å². The van der Waals surface area contributed by atoms with Crippen molar-refractivity contribution in [2.75, 3.05) is 24.3 Å². The number of hydrogen-bond donors (Lipinski definition) is 2. The number of aromatic nitrogens is 2. The molecule has 0 fully saturated rings. The summed E-state index contributed by atoms with van der Waals surface area (Å²) in [5, 5.41) is 12.7. The molecule has 0 atom stereocenters. The molecule has 27 heavy (non-hydrogen) atoms. The molecule has 136 valence electrons. The summed E-state index contributed by atoms with van der Waals surface area (Å²) in [4.78, 5) is 20.9. The fourth-order valence-corrected chi connectivity index (χ4v) is 2.78. The zero-order valence-electron chi connectivity index (χ0n) is 14.5. The summed E-state index contributed by atoms with van der Waals surface area (Å²) in [6, 6.07) is 9.24. The van der Waals surface area contributed by atoms with Gasteiger partial charge in [-0.2, -0.15) is 5.26 Å². The van der Waals surface area contributed by atoms with Gasteiger partial charge >= 0.3 is 0 Å². The largest absolute Gasteiger partial charge is 0.362 e. The Morgan fingerprint density at radius 1 is 1.22 bits per heavy atom. The van der Waals surface area contributed by atoms with Crippen molar-refractivity contribution in [1.29, 1.82) is 5.26 Å². The Kier molecular flexibility index (Phi) is 5.10. The number of benzene rings is 1. The van der Waals surface area contributed by atoms with Gasteiger partial charge in [0, 0.05) is 37.1 Å². The van der Waals surface area contributed by atoms with E-state index in [1.165, 1.54) is 30.5 Å². The number of rotatable bonds is 4. The quantitative estimate of drug-likeness (QED) is 0.713. The highest BCUT2D eigenvalue weighted by Gasteiger charge is 2.16. The van der Waals surface area contributed by atoms with E-state index < -0.39 is 11.4 Å². The first-order chi connectivity index (χ1) is 12.9. The Morgan fingerprint density at radius 2 is 2.00 bits per heavy atom. The Morgan fingerprint density at radius 3 is 2.70 bits per heavy atom. The molecule has 2 heterocycles. The molecule has 6 nitrogen and oxygen atoms in total. The molecule has 0 amide bonds. The van der Waals surface area contributed by atoms with Crippen molar-refractivity contribution in [3.05, 3.63) is 69.5 Å². The van der Waals surface area contributed by atoms with E-state index in [1.54, 1.807) is 31.3 Å². The minimum atomic E-state index is -0.560. The van der Waals surface area contributed by atoms with E-state index in [2.05, 4.69) is 21.4 Å². The number of aromatic amines is 1. The molecule has 0 spiro atoms. The molecule has 0 saturated heterocycles. The van der Waals surface area contributed by atoms with E-state index in [0.29, 0.717) is 27.8 Å². The number of nitrogens with one attached hydrogen (secondary N) is 2. The number of pyridine rings is 2. The van der Waals surface area contributed by atoms with Gasteiger partial charge in [0.2, 0.25) is 0 Å². The van der Waals surface area contributed by atoms with Crippen LogP contribution in [0.15, 0.2) is 47.5 Å². The van der Waals surface area contributed by atoms with Crippen LogP contribution in [0.5, 0.6) is 0 Å². The molecule has 3 rings (SSSR count). The van der Waals surface area contributed by atoms with Crippen molar-refractivity contribution >= 4 is 28.8 Å². The topological polar surface area (TPSA) is 84.8 Å². The van der Waals surface area contributed by atoms with Gasteiger partial charge in [-0.05, 0) is 30.3 Å². The van der Waals surface area contributed by atoms with Gasteiger partial charge in [-0.15, -0.1) is 0 Å². The second-order valence-electron chi connectivity index (χ2n) is 5.95. The second-order valence-corrected chi connectivity index (χ2v) is 6.39. The second kappa shape index (κ2) is 7.48. The van der Waals surface area contributed by atoms with Crippen LogP contribution in [0, 0.1) is 17.1 Å². The predicted molar refractivity (Wildman–Crippen MR) is 104 cm³/mol. The maximum atomic E-state index is 14.3. The lowest BCUT2D eigenvalue weighted by Crippen LogP contribution is -2.20. The lowest BCUT2D eigenvalue weighted by molar-refractivity contribution is 0.631. The van der Waals surface area contributed by atoms with Gasteiger partial charge in [0.1, 0.15) is 17.7 Å². The third-order valence-electron chi connectivity index (χ3n) is 3.90. The summed E-state index contributed by atoms with van der Waals surface area (Å²) in [5.41, 5.74) is 1.10. The van der Waals surface area contributed by atoms with Gasteiger partial charge < -0.3 is 15.2 Å². The molecule has 3 aromatic rings. The summed E-state index contributed by atoms with van der Waals surface area (Å²) in [5.74, 6) is -0.0815. The van der Waals surface area contributed by atoms with Crippen molar-refractivity contribution < 1.29 is 4.39 Å². The maximum absolute atomic E-state index is 14.3. The molecule has 0 aliphatic carbocycles. The minimum absolute atomic E-state index is 0.0901. The standard InChI is InChI=1S/C19H15ClFN5O/c1-26(2)18-17(24-16-5-6-23-10-11(16)9-22)8-14(19(27)25-18)13-7-12(20)3-4-15(13)21/h3-8,10H,1-2H3,(H,23,24)(H,25,27). The van der Waals surface area contributed by atoms with Gasteiger partial charge in [0.25, 0.3) is 5.56 Å². The third-order valence-corrected chi connectivity index (χ3v) is 4.13. The summed E-state index contributed by atoms with van der Waals surface area (Å²) in [7, 11) is 3.52. The zero-order chi connectivity index (χ0) is 19.6. The van der Waals surface area contributed by atoms with Crippen LogP contribution in [0.25, 0.3) is 11.1 Å². The van der Waals surface area contributed by atoms with Crippen LogP contribution in [0.4, 0.5) is 21.6 Å². The summed E-state index contributed by atoms with van der Waals surface area (Å²) >= 11 is 5.96. The normalized spacial score (nSPS) is 10.3. The van der Waals surface area contributed by atoms with Crippen molar-refractivity contribution in [3.8, 4) is 17.2 Å². The molecule has 0 bridgehead atoms. The first-order valence-corrected chi connectivity index (χ1v) is 8.29. The van der Waals surface area contributed by atoms with Crippen molar-refractivity contribution in [2.45, 2.75) is 0 Å². The van der Waals surface area contributed by atoms with Gasteiger partial charge in [-0.25, -0.2) is 4.39 Å². The monoisotopic (exact) mass is 383 g/mol. The highest BCUT2D eigenvalue weighted by molar-refractivity contribution is 6.30. The summed E-state index contributed by atoms with van der Waals surface area (Å²) < 4.78 is 14.3. The summed E-state index contributed by atoms with van der Waals surface area (Å²) in [6.07, 6.45) is 2.97. The number of halogens is 2. The summed E-state index contributed by atoms with van der Waals surface area (Å²) in [6.45, 7) is 0. The van der Waals surface area contributed by atoms with Crippen molar-refractivity contribution in [3.63, 3.8) is 0 Å². The number of anilines is 3.